The number of carbonyl (C=O) groups excluding carboxylic acids is 1. The molecule has 1 amide bonds. The highest BCUT2D eigenvalue weighted by Gasteiger charge is 2.29. The molecular formula is C18H24N2O3. The summed E-state index contributed by atoms with van der Waals surface area (Å²) < 4.78 is 11.0. The quantitative estimate of drug-likeness (QED) is 0.941. The molecule has 0 spiro atoms. The van der Waals surface area contributed by atoms with Gasteiger partial charge in [0.2, 0.25) is 0 Å². The lowest BCUT2D eigenvalue weighted by Crippen LogP contribution is -2.38. The molecule has 1 atom stereocenters. The van der Waals surface area contributed by atoms with Gasteiger partial charge in [-0.05, 0) is 33.3 Å². The van der Waals surface area contributed by atoms with Gasteiger partial charge in [0.15, 0.2) is 0 Å². The maximum Gasteiger partial charge on any atom is 0.410 e. The van der Waals surface area contributed by atoms with Crippen LogP contribution in [-0.2, 0) is 11.3 Å². The summed E-state index contributed by atoms with van der Waals surface area (Å²) in [7, 11) is 0. The van der Waals surface area contributed by atoms with Crippen LogP contribution in [0.25, 0.3) is 11.0 Å². The number of nitrogens with one attached hydrogen (secondary N) is 1. The van der Waals surface area contributed by atoms with E-state index in [2.05, 4.69) is 11.4 Å². The van der Waals surface area contributed by atoms with Crippen molar-refractivity contribution in [3.63, 3.8) is 0 Å². The SMILES string of the molecule is CC(C)(C)OC(=O)N1CCC(NCc2coc3ccccc23)C1. The Bertz CT molecular complexity index is 687. The van der Waals surface area contributed by atoms with Crippen LogP contribution >= 0.6 is 0 Å². The summed E-state index contributed by atoms with van der Waals surface area (Å²) in [6, 6.07) is 8.31. The van der Waals surface area contributed by atoms with E-state index in [0.717, 1.165) is 36.0 Å². The van der Waals surface area contributed by atoms with Crippen LogP contribution in [0.5, 0.6) is 0 Å². The van der Waals surface area contributed by atoms with Gasteiger partial charge in [-0.15, -0.1) is 0 Å². The van der Waals surface area contributed by atoms with E-state index in [1.54, 1.807) is 11.2 Å². The maximum absolute atomic E-state index is 12.1. The predicted molar refractivity (Wildman–Crippen MR) is 89.3 cm³/mol. The van der Waals surface area contributed by atoms with E-state index in [4.69, 9.17) is 9.15 Å². The Labute approximate surface area is 136 Å². The van der Waals surface area contributed by atoms with Gasteiger partial charge in [0.05, 0.1) is 6.26 Å². The van der Waals surface area contributed by atoms with Crippen molar-refractivity contribution in [3.8, 4) is 0 Å². The number of rotatable bonds is 3. The zero-order chi connectivity index (χ0) is 16.4. The Morgan fingerprint density at radius 1 is 1.39 bits per heavy atom. The first-order valence-electron chi connectivity index (χ1n) is 8.09. The number of furan rings is 1. The van der Waals surface area contributed by atoms with Crippen LogP contribution in [0.4, 0.5) is 4.79 Å². The molecule has 1 saturated heterocycles. The summed E-state index contributed by atoms with van der Waals surface area (Å²) >= 11 is 0. The van der Waals surface area contributed by atoms with Crippen molar-refractivity contribution in [1.29, 1.82) is 0 Å². The normalized spacial score (nSPS) is 18.6. The number of fused-ring (bicyclic) bond motifs is 1. The highest BCUT2D eigenvalue weighted by atomic mass is 16.6. The van der Waals surface area contributed by atoms with Gasteiger partial charge in [-0.2, -0.15) is 0 Å². The minimum Gasteiger partial charge on any atom is -0.464 e. The molecule has 0 saturated carbocycles. The van der Waals surface area contributed by atoms with Crippen molar-refractivity contribution in [1.82, 2.24) is 10.2 Å². The fourth-order valence-electron chi connectivity index (χ4n) is 2.84. The van der Waals surface area contributed by atoms with Gasteiger partial charge < -0.3 is 19.4 Å². The Morgan fingerprint density at radius 2 is 2.17 bits per heavy atom. The molecular weight excluding hydrogens is 292 g/mol. The van der Waals surface area contributed by atoms with Crippen LogP contribution in [-0.4, -0.2) is 35.7 Å². The number of amides is 1. The van der Waals surface area contributed by atoms with Crippen LogP contribution in [0.2, 0.25) is 0 Å². The fourth-order valence-corrected chi connectivity index (χ4v) is 2.84. The Hall–Kier alpha value is -2.01. The smallest absolute Gasteiger partial charge is 0.410 e. The van der Waals surface area contributed by atoms with E-state index in [1.165, 1.54) is 0 Å². The zero-order valence-corrected chi connectivity index (χ0v) is 14.0. The summed E-state index contributed by atoms with van der Waals surface area (Å²) in [6.45, 7) is 7.83. The zero-order valence-electron chi connectivity index (χ0n) is 14.0. The Kier molecular flexibility index (Phi) is 4.31. The monoisotopic (exact) mass is 316 g/mol. The molecule has 5 nitrogen and oxygen atoms in total. The molecule has 1 unspecified atom stereocenters. The number of carbonyl (C=O) groups is 1. The largest absolute Gasteiger partial charge is 0.464 e. The molecule has 1 fully saturated rings. The molecule has 2 aromatic rings. The second kappa shape index (κ2) is 6.24. The molecule has 124 valence electrons. The number of benzene rings is 1. The molecule has 2 heterocycles. The van der Waals surface area contributed by atoms with Crippen LogP contribution in [0.1, 0.15) is 32.8 Å². The molecule has 0 radical (unpaired) electrons. The van der Waals surface area contributed by atoms with Crippen molar-refractivity contribution in [2.45, 2.75) is 45.4 Å². The minimum absolute atomic E-state index is 0.226. The lowest BCUT2D eigenvalue weighted by atomic mass is 10.1. The van der Waals surface area contributed by atoms with E-state index >= 15 is 0 Å². The highest BCUT2D eigenvalue weighted by molar-refractivity contribution is 5.80. The lowest BCUT2D eigenvalue weighted by molar-refractivity contribution is 0.0291. The van der Waals surface area contributed by atoms with E-state index in [1.807, 2.05) is 39.0 Å². The summed E-state index contributed by atoms with van der Waals surface area (Å²) in [5.74, 6) is 0. The maximum atomic E-state index is 12.1. The van der Waals surface area contributed by atoms with Crippen molar-refractivity contribution < 1.29 is 13.9 Å². The van der Waals surface area contributed by atoms with Gasteiger partial charge in [-0.1, -0.05) is 18.2 Å². The van der Waals surface area contributed by atoms with Crippen LogP contribution in [0.3, 0.4) is 0 Å². The number of likely N-dealkylation sites (tertiary alicyclic amines) is 1. The molecule has 1 aromatic carbocycles. The van der Waals surface area contributed by atoms with Gasteiger partial charge in [0.25, 0.3) is 0 Å². The molecule has 0 bridgehead atoms. The summed E-state index contributed by atoms with van der Waals surface area (Å²) in [6.07, 6.45) is 2.52. The minimum atomic E-state index is -0.446. The summed E-state index contributed by atoms with van der Waals surface area (Å²) in [5.41, 5.74) is 1.61. The van der Waals surface area contributed by atoms with Gasteiger partial charge in [0.1, 0.15) is 11.2 Å². The predicted octanol–water partition coefficient (Wildman–Crippen LogP) is 3.53. The van der Waals surface area contributed by atoms with Gasteiger partial charge in [-0.25, -0.2) is 4.79 Å². The summed E-state index contributed by atoms with van der Waals surface area (Å²) in [5, 5.41) is 4.66. The van der Waals surface area contributed by atoms with E-state index < -0.39 is 5.60 Å². The second-order valence-electron chi connectivity index (χ2n) is 7.05. The molecule has 3 rings (SSSR count). The van der Waals surface area contributed by atoms with Crippen LogP contribution < -0.4 is 5.32 Å². The second-order valence-corrected chi connectivity index (χ2v) is 7.05. The summed E-state index contributed by atoms with van der Waals surface area (Å²) in [4.78, 5) is 13.8. The standard InChI is InChI=1S/C18H24N2O3/c1-18(2,3)23-17(21)20-9-8-14(11-20)19-10-13-12-22-16-7-5-4-6-15(13)16/h4-7,12,14,19H,8-11H2,1-3H3. The number of ether oxygens (including phenoxy) is 1. The number of hydrogen-bond donors (Lipinski definition) is 1. The first kappa shape index (κ1) is 15.9. The average Bonchev–Trinajstić information content (AvgIpc) is 3.10. The van der Waals surface area contributed by atoms with Crippen molar-refractivity contribution in [2.24, 2.45) is 0 Å². The van der Waals surface area contributed by atoms with E-state index in [0.29, 0.717) is 6.54 Å². The third-order valence-corrected chi connectivity index (χ3v) is 3.98. The number of nitrogens with zero attached hydrogens (tertiary/aromatic N) is 1. The Morgan fingerprint density at radius 3 is 2.96 bits per heavy atom. The van der Waals surface area contributed by atoms with E-state index in [-0.39, 0.29) is 12.1 Å². The van der Waals surface area contributed by atoms with Gasteiger partial charge in [0, 0.05) is 36.6 Å². The molecule has 1 N–H and O–H groups in total. The third-order valence-electron chi connectivity index (χ3n) is 3.98. The lowest BCUT2D eigenvalue weighted by Gasteiger charge is -2.24. The molecule has 1 aliphatic heterocycles. The van der Waals surface area contributed by atoms with Crippen molar-refractivity contribution in [3.05, 3.63) is 36.1 Å². The number of hydrogen-bond acceptors (Lipinski definition) is 4. The van der Waals surface area contributed by atoms with Crippen LogP contribution in [0.15, 0.2) is 34.9 Å². The van der Waals surface area contributed by atoms with Crippen molar-refractivity contribution >= 4 is 17.1 Å². The van der Waals surface area contributed by atoms with E-state index in [9.17, 15) is 4.79 Å². The van der Waals surface area contributed by atoms with Crippen LogP contribution in [0, 0.1) is 0 Å². The fraction of sp³-hybridized carbons (Fsp3) is 0.500. The molecule has 0 aliphatic carbocycles. The van der Waals surface area contributed by atoms with Gasteiger partial charge >= 0.3 is 6.09 Å². The van der Waals surface area contributed by atoms with Gasteiger partial charge in [-0.3, -0.25) is 0 Å². The molecule has 1 aliphatic rings. The first-order chi connectivity index (χ1) is 10.9. The topological polar surface area (TPSA) is 54.7 Å². The highest BCUT2D eigenvalue weighted by Crippen LogP contribution is 2.21. The van der Waals surface area contributed by atoms with Crippen molar-refractivity contribution in [2.75, 3.05) is 13.1 Å². The number of para-hydroxylation sites is 1. The first-order valence-corrected chi connectivity index (χ1v) is 8.09. The molecule has 5 heteroatoms. The Balaban J connectivity index is 1.53. The third kappa shape index (κ3) is 3.85. The average molecular weight is 316 g/mol. The molecule has 23 heavy (non-hydrogen) atoms. The molecule has 1 aromatic heterocycles.